The monoisotopic (exact) mass is 299 g/mol. The molecule has 1 heterocycles. The van der Waals surface area contributed by atoms with E-state index in [1.54, 1.807) is 18.2 Å². The van der Waals surface area contributed by atoms with E-state index in [9.17, 15) is 4.79 Å². The number of nitrogens with zero attached hydrogens (tertiary/aromatic N) is 2. The molecular weight excluding hydrogens is 278 g/mol. The van der Waals surface area contributed by atoms with E-state index in [0.717, 1.165) is 11.3 Å². The third-order valence-corrected chi connectivity index (χ3v) is 3.37. The summed E-state index contributed by atoms with van der Waals surface area (Å²) in [5, 5.41) is 0. The van der Waals surface area contributed by atoms with E-state index in [1.807, 2.05) is 42.5 Å². The van der Waals surface area contributed by atoms with Crippen molar-refractivity contribution in [3.05, 3.63) is 65.5 Å². The third-order valence-electron chi connectivity index (χ3n) is 3.37. The fourth-order valence-electron chi connectivity index (χ4n) is 2.11. The lowest BCUT2D eigenvalue weighted by Crippen LogP contribution is -2.33. The zero-order valence-corrected chi connectivity index (χ0v) is 12.7. The molecule has 116 valence electrons. The SMILES string of the molecule is COCCN(Cc1ccccn1)C(=O)c1ccc(CN)cc1. The van der Waals surface area contributed by atoms with Gasteiger partial charge in [-0.2, -0.15) is 0 Å². The van der Waals surface area contributed by atoms with Gasteiger partial charge in [0.1, 0.15) is 0 Å². The topological polar surface area (TPSA) is 68.5 Å². The summed E-state index contributed by atoms with van der Waals surface area (Å²) in [6.45, 7) is 1.93. The number of ether oxygens (including phenoxy) is 1. The normalized spacial score (nSPS) is 10.5. The van der Waals surface area contributed by atoms with Gasteiger partial charge in [-0.3, -0.25) is 9.78 Å². The van der Waals surface area contributed by atoms with Gasteiger partial charge in [-0.1, -0.05) is 18.2 Å². The maximum atomic E-state index is 12.7. The molecule has 0 unspecified atom stereocenters. The summed E-state index contributed by atoms with van der Waals surface area (Å²) in [4.78, 5) is 18.7. The summed E-state index contributed by atoms with van der Waals surface area (Å²) in [5.41, 5.74) is 8.08. The van der Waals surface area contributed by atoms with E-state index in [0.29, 0.717) is 31.8 Å². The second-order valence-corrected chi connectivity index (χ2v) is 4.94. The highest BCUT2D eigenvalue weighted by molar-refractivity contribution is 5.94. The molecule has 2 N–H and O–H groups in total. The molecule has 0 fully saturated rings. The maximum Gasteiger partial charge on any atom is 0.254 e. The van der Waals surface area contributed by atoms with Crippen molar-refractivity contribution in [2.24, 2.45) is 5.73 Å². The summed E-state index contributed by atoms with van der Waals surface area (Å²) in [6.07, 6.45) is 1.73. The van der Waals surface area contributed by atoms with Gasteiger partial charge in [0.05, 0.1) is 18.8 Å². The minimum absolute atomic E-state index is 0.0359. The Morgan fingerprint density at radius 1 is 1.23 bits per heavy atom. The Kier molecular flexibility index (Phi) is 6.06. The number of pyridine rings is 1. The second kappa shape index (κ2) is 8.26. The molecule has 0 atom stereocenters. The van der Waals surface area contributed by atoms with Gasteiger partial charge in [0.25, 0.3) is 5.91 Å². The number of amides is 1. The number of nitrogens with two attached hydrogens (primary N) is 1. The highest BCUT2D eigenvalue weighted by Crippen LogP contribution is 2.10. The molecule has 0 saturated heterocycles. The largest absolute Gasteiger partial charge is 0.383 e. The van der Waals surface area contributed by atoms with Crippen molar-refractivity contribution < 1.29 is 9.53 Å². The quantitative estimate of drug-likeness (QED) is 0.847. The van der Waals surface area contributed by atoms with E-state index in [2.05, 4.69) is 4.98 Å². The number of hydrogen-bond donors (Lipinski definition) is 1. The summed E-state index contributed by atoms with van der Waals surface area (Å²) in [6, 6.07) is 13.1. The molecule has 0 bridgehead atoms. The van der Waals surface area contributed by atoms with Crippen molar-refractivity contribution in [1.29, 1.82) is 0 Å². The first kappa shape index (κ1) is 16.1. The highest BCUT2D eigenvalue weighted by Gasteiger charge is 2.16. The lowest BCUT2D eigenvalue weighted by molar-refractivity contribution is 0.0678. The zero-order chi connectivity index (χ0) is 15.8. The Balaban J connectivity index is 2.14. The molecule has 0 spiro atoms. The summed E-state index contributed by atoms with van der Waals surface area (Å²) in [7, 11) is 1.62. The first-order valence-electron chi connectivity index (χ1n) is 7.21. The first-order chi connectivity index (χ1) is 10.7. The third kappa shape index (κ3) is 4.38. The van der Waals surface area contributed by atoms with Crippen molar-refractivity contribution in [1.82, 2.24) is 9.88 Å². The molecule has 0 aliphatic heterocycles. The smallest absolute Gasteiger partial charge is 0.254 e. The molecular formula is C17H21N3O2. The van der Waals surface area contributed by atoms with Crippen molar-refractivity contribution >= 4 is 5.91 Å². The molecule has 22 heavy (non-hydrogen) atoms. The molecule has 5 nitrogen and oxygen atoms in total. The summed E-state index contributed by atoms with van der Waals surface area (Å²) < 4.78 is 5.10. The second-order valence-electron chi connectivity index (χ2n) is 4.94. The molecule has 1 aromatic heterocycles. The van der Waals surface area contributed by atoms with Crippen LogP contribution in [0, 0.1) is 0 Å². The van der Waals surface area contributed by atoms with E-state index in [4.69, 9.17) is 10.5 Å². The number of carbonyl (C=O) groups excluding carboxylic acids is 1. The Labute approximate surface area is 130 Å². The van der Waals surface area contributed by atoms with Crippen LogP contribution in [-0.4, -0.2) is 36.1 Å². The number of methoxy groups -OCH3 is 1. The van der Waals surface area contributed by atoms with E-state index < -0.39 is 0 Å². The number of carbonyl (C=O) groups is 1. The molecule has 5 heteroatoms. The van der Waals surface area contributed by atoms with Crippen molar-refractivity contribution in [3.8, 4) is 0 Å². The predicted molar refractivity (Wildman–Crippen MR) is 85.2 cm³/mol. The first-order valence-corrected chi connectivity index (χ1v) is 7.21. The van der Waals surface area contributed by atoms with Gasteiger partial charge in [0, 0.05) is 32.0 Å². The number of benzene rings is 1. The average Bonchev–Trinajstić information content (AvgIpc) is 2.59. The van der Waals surface area contributed by atoms with Gasteiger partial charge in [0.15, 0.2) is 0 Å². The van der Waals surface area contributed by atoms with E-state index in [-0.39, 0.29) is 5.91 Å². The van der Waals surface area contributed by atoms with Crippen LogP contribution in [0.25, 0.3) is 0 Å². The summed E-state index contributed by atoms with van der Waals surface area (Å²) >= 11 is 0. The van der Waals surface area contributed by atoms with Crippen LogP contribution in [-0.2, 0) is 17.8 Å². The summed E-state index contributed by atoms with van der Waals surface area (Å²) in [5.74, 6) is -0.0359. The van der Waals surface area contributed by atoms with Crippen LogP contribution in [0.5, 0.6) is 0 Å². The van der Waals surface area contributed by atoms with Gasteiger partial charge in [-0.25, -0.2) is 0 Å². The van der Waals surface area contributed by atoms with Crippen LogP contribution >= 0.6 is 0 Å². The number of aromatic nitrogens is 1. The van der Waals surface area contributed by atoms with E-state index in [1.165, 1.54) is 0 Å². The lowest BCUT2D eigenvalue weighted by atomic mass is 10.1. The molecule has 0 saturated carbocycles. The van der Waals surface area contributed by atoms with Crippen molar-refractivity contribution in [2.45, 2.75) is 13.1 Å². The van der Waals surface area contributed by atoms with Crippen LogP contribution in [0.4, 0.5) is 0 Å². The average molecular weight is 299 g/mol. The lowest BCUT2D eigenvalue weighted by Gasteiger charge is -2.22. The Morgan fingerprint density at radius 2 is 2.00 bits per heavy atom. The molecule has 1 aromatic carbocycles. The van der Waals surface area contributed by atoms with Gasteiger partial charge in [-0.15, -0.1) is 0 Å². The van der Waals surface area contributed by atoms with Gasteiger partial charge < -0.3 is 15.4 Å². The highest BCUT2D eigenvalue weighted by atomic mass is 16.5. The van der Waals surface area contributed by atoms with E-state index >= 15 is 0 Å². The van der Waals surface area contributed by atoms with Crippen LogP contribution in [0.2, 0.25) is 0 Å². The molecule has 1 amide bonds. The van der Waals surface area contributed by atoms with Crippen LogP contribution in [0.3, 0.4) is 0 Å². The van der Waals surface area contributed by atoms with Crippen LogP contribution < -0.4 is 5.73 Å². The Hall–Kier alpha value is -2.24. The van der Waals surface area contributed by atoms with Crippen molar-refractivity contribution in [2.75, 3.05) is 20.3 Å². The van der Waals surface area contributed by atoms with Crippen LogP contribution in [0.1, 0.15) is 21.6 Å². The minimum atomic E-state index is -0.0359. The molecule has 0 aliphatic rings. The molecule has 2 aromatic rings. The molecule has 0 aliphatic carbocycles. The molecule has 0 radical (unpaired) electrons. The number of rotatable bonds is 7. The zero-order valence-electron chi connectivity index (χ0n) is 12.7. The molecule has 2 rings (SSSR count). The van der Waals surface area contributed by atoms with Gasteiger partial charge in [0.2, 0.25) is 0 Å². The standard InChI is InChI=1S/C17H21N3O2/c1-22-11-10-20(13-16-4-2-3-9-19-16)17(21)15-7-5-14(12-18)6-8-15/h2-9H,10-13,18H2,1H3. The predicted octanol–water partition coefficient (Wildman–Crippen LogP) is 1.83. The fraction of sp³-hybridized carbons (Fsp3) is 0.294. The minimum Gasteiger partial charge on any atom is -0.383 e. The Morgan fingerprint density at radius 3 is 2.59 bits per heavy atom. The van der Waals surface area contributed by atoms with Crippen molar-refractivity contribution in [3.63, 3.8) is 0 Å². The van der Waals surface area contributed by atoms with Gasteiger partial charge >= 0.3 is 0 Å². The number of hydrogen-bond acceptors (Lipinski definition) is 4. The maximum absolute atomic E-state index is 12.7. The van der Waals surface area contributed by atoms with Crippen LogP contribution in [0.15, 0.2) is 48.7 Å². The fourth-order valence-corrected chi connectivity index (χ4v) is 2.11. The Bertz CT molecular complexity index is 585. The van der Waals surface area contributed by atoms with Gasteiger partial charge in [-0.05, 0) is 29.8 Å².